The molecular weight excluding hydrogens is 356 g/mol. The molecule has 0 unspecified atom stereocenters. The number of aliphatic imine (C=N–C) groups is 1. The highest BCUT2D eigenvalue weighted by Crippen LogP contribution is 2.27. The van der Waals surface area contributed by atoms with E-state index in [0.717, 1.165) is 49.7 Å². The van der Waals surface area contributed by atoms with Gasteiger partial charge in [-0.1, -0.05) is 6.42 Å². The Labute approximate surface area is 155 Å². The summed E-state index contributed by atoms with van der Waals surface area (Å²) in [6, 6.07) is 3.64. The lowest BCUT2D eigenvalue weighted by Gasteiger charge is -2.25. The number of thiophene rings is 1. The SMILES string of the molecule is CCNC(=NCc1ccc(S(=O)(=O)N2CCCCC2)s1)N1CCCC1. The summed E-state index contributed by atoms with van der Waals surface area (Å²) in [6.45, 7) is 6.82. The number of likely N-dealkylation sites (tertiary alicyclic amines) is 1. The Bertz CT molecular complexity index is 687. The van der Waals surface area contributed by atoms with Crippen LogP contribution in [-0.4, -0.2) is 56.3 Å². The minimum atomic E-state index is -3.33. The first-order valence-electron chi connectivity index (χ1n) is 9.23. The second-order valence-electron chi connectivity index (χ2n) is 6.55. The zero-order valence-electron chi connectivity index (χ0n) is 14.9. The van der Waals surface area contributed by atoms with Crippen molar-refractivity contribution < 1.29 is 8.42 Å². The van der Waals surface area contributed by atoms with Crippen LogP contribution in [0.2, 0.25) is 0 Å². The Morgan fingerprint density at radius 1 is 1.12 bits per heavy atom. The zero-order chi connectivity index (χ0) is 17.7. The quantitative estimate of drug-likeness (QED) is 0.626. The van der Waals surface area contributed by atoms with Crippen LogP contribution in [0.4, 0.5) is 0 Å². The van der Waals surface area contributed by atoms with Crippen LogP contribution in [0.5, 0.6) is 0 Å². The number of piperidine rings is 1. The summed E-state index contributed by atoms with van der Waals surface area (Å²) in [5.74, 6) is 0.939. The molecule has 3 rings (SSSR count). The standard InChI is InChI=1S/C17H28N4O2S2/c1-2-18-17(20-10-6-7-11-20)19-14-15-8-9-16(24-15)25(22,23)21-12-4-3-5-13-21/h8-9H,2-7,10-14H2,1H3,(H,18,19). The van der Waals surface area contributed by atoms with E-state index in [2.05, 4.69) is 17.1 Å². The van der Waals surface area contributed by atoms with E-state index < -0.39 is 10.0 Å². The maximum Gasteiger partial charge on any atom is 0.252 e. The van der Waals surface area contributed by atoms with E-state index in [0.29, 0.717) is 23.8 Å². The molecule has 0 radical (unpaired) electrons. The Balaban J connectivity index is 1.69. The molecule has 3 heterocycles. The lowest BCUT2D eigenvalue weighted by molar-refractivity contribution is 0.347. The molecule has 0 aromatic carbocycles. The van der Waals surface area contributed by atoms with Gasteiger partial charge in [-0.2, -0.15) is 4.31 Å². The Morgan fingerprint density at radius 3 is 2.48 bits per heavy atom. The van der Waals surface area contributed by atoms with Gasteiger partial charge in [0.05, 0.1) is 6.54 Å². The van der Waals surface area contributed by atoms with E-state index in [4.69, 9.17) is 4.99 Å². The molecule has 1 aromatic heterocycles. The second-order valence-corrected chi connectivity index (χ2v) is 9.88. The molecule has 8 heteroatoms. The van der Waals surface area contributed by atoms with Crippen molar-refractivity contribution in [1.29, 1.82) is 0 Å². The average Bonchev–Trinajstić information content (AvgIpc) is 3.31. The van der Waals surface area contributed by atoms with Gasteiger partial charge >= 0.3 is 0 Å². The van der Waals surface area contributed by atoms with Gasteiger partial charge in [0.25, 0.3) is 10.0 Å². The van der Waals surface area contributed by atoms with Gasteiger partial charge in [0, 0.05) is 37.6 Å². The molecule has 0 aliphatic carbocycles. The summed E-state index contributed by atoms with van der Waals surface area (Å²) in [6.07, 6.45) is 5.47. The van der Waals surface area contributed by atoms with Gasteiger partial charge in [0.15, 0.2) is 5.96 Å². The molecule has 1 aromatic rings. The molecular formula is C17H28N4O2S2. The highest BCUT2D eigenvalue weighted by atomic mass is 32.2. The molecule has 0 spiro atoms. The third-order valence-corrected chi connectivity index (χ3v) is 8.11. The van der Waals surface area contributed by atoms with Crippen LogP contribution in [0.3, 0.4) is 0 Å². The molecule has 0 atom stereocenters. The van der Waals surface area contributed by atoms with Gasteiger partial charge in [-0.15, -0.1) is 11.3 Å². The third kappa shape index (κ3) is 4.54. The monoisotopic (exact) mass is 384 g/mol. The van der Waals surface area contributed by atoms with Crippen molar-refractivity contribution in [2.24, 2.45) is 4.99 Å². The number of hydrogen-bond acceptors (Lipinski definition) is 4. The fraction of sp³-hybridized carbons (Fsp3) is 0.706. The molecule has 2 fully saturated rings. The van der Waals surface area contributed by atoms with Gasteiger partial charge in [-0.25, -0.2) is 13.4 Å². The summed E-state index contributed by atoms with van der Waals surface area (Å²) in [5.41, 5.74) is 0. The van der Waals surface area contributed by atoms with E-state index in [1.165, 1.54) is 24.2 Å². The number of nitrogens with one attached hydrogen (secondary N) is 1. The van der Waals surface area contributed by atoms with Crippen LogP contribution in [0.15, 0.2) is 21.3 Å². The van der Waals surface area contributed by atoms with Crippen molar-refractivity contribution in [2.75, 3.05) is 32.7 Å². The van der Waals surface area contributed by atoms with Crippen LogP contribution in [-0.2, 0) is 16.6 Å². The molecule has 25 heavy (non-hydrogen) atoms. The molecule has 1 N–H and O–H groups in total. The smallest absolute Gasteiger partial charge is 0.252 e. The van der Waals surface area contributed by atoms with Crippen LogP contribution in [0.25, 0.3) is 0 Å². The van der Waals surface area contributed by atoms with E-state index in [1.807, 2.05) is 6.07 Å². The van der Waals surface area contributed by atoms with Crippen LogP contribution >= 0.6 is 11.3 Å². The van der Waals surface area contributed by atoms with Crippen molar-refractivity contribution in [3.63, 3.8) is 0 Å². The summed E-state index contributed by atoms with van der Waals surface area (Å²) in [4.78, 5) is 7.98. The van der Waals surface area contributed by atoms with Crippen LogP contribution in [0.1, 0.15) is 43.9 Å². The molecule has 2 aliphatic heterocycles. The maximum absolute atomic E-state index is 12.7. The predicted octanol–water partition coefficient (Wildman–Crippen LogP) is 2.48. The van der Waals surface area contributed by atoms with Crippen molar-refractivity contribution in [2.45, 2.75) is 49.8 Å². The van der Waals surface area contributed by atoms with Gasteiger partial charge < -0.3 is 10.2 Å². The van der Waals surface area contributed by atoms with Gasteiger partial charge in [0.2, 0.25) is 0 Å². The summed E-state index contributed by atoms with van der Waals surface area (Å²) < 4.78 is 27.5. The normalized spacial score (nSPS) is 20.2. The first kappa shape index (κ1) is 18.7. The van der Waals surface area contributed by atoms with Crippen LogP contribution in [0, 0.1) is 0 Å². The van der Waals surface area contributed by atoms with E-state index in [-0.39, 0.29) is 0 Å². The largest absolute Gasteiger partial charge is 0.357 e. The van der Waals surface area contributed by atoms with Crippen molar-refractivity contribution in [3.8, 4) is 0 Å². The van der Waals surface area contributed by atoms with Crippen LogP contribution < -0.4 is 5.32 Å². The van der Waals surface area contributed by atoms with Crippen molar-refractivity contribution in [1.82, 2.24) is 14.5 Å². The first-order valence-corrected chi connectivity index (χ1v) is 11.5. The lowest BCUT2D eigenvalue weighted by atomic mass is 10.2. The number of rotatable bonds is 5. The second kappa shape index (κ2) is 8.51. The molecule has 6 nitrogen and oxygen atoms in total. The minimum absolute atomic E-state index is 0.450. The Kier molecular flexibility index (Phi) is 6.35. The number of sulfonamides is 1. The average molecular weight is 385 g/mol. The zero-order valence-corrected chi connectivity index (χ0v) is 16.5. The van der Waals surface area contributed by atoms with E-state index >= 15 is 0 Å². The van der Waals surface area contributed by atoms with E-state index in [9.17, 15) is 8.42 Å². The Morgan fingerprint density at radius 2 is 1.80 bits per heavy atom. The summed E-state index contributed by atoms with van der Waals surface area (Å²) in [5, 5.41) is 3.34. The molecule has 2 saturated heterocycles. The fourth-order valence-electron chi connectivity index (χ4n) is 3.32. The maximum atomic E-state index is 12.7. The first-order chi connectivity index (χ1) is 12.1. The molecule has 0 bridgehead atoms. The predicted molar refractivity (Wildman–Crippen MR) is 103 cm³/mol. The topological polar surface area (TPSA) is 65.0 Å². The minimum Gasteiger partial charge on any atom is -0.357 e. The molecule has 140 valence electrons. The Hall–Kier alpha value is -1.12. The lowest BCUT2D eigenvalue weighted by Crippen LogP contribution is -2.39. The van der Waals surface area contributed by atoms with Gasteiger partial charge in [-0.05, 0) is 44.7 Å². The van der Waals surface area contributed by atoms with Gasteiger partial charge in [-0.3, -0.25) is 0 Å². The fourth-order valence-corrected chi connectivity index (χ4v) is 6.27. The molecule has 2 aliphatic rings. The highest BCUT2D eigenvalue weighted by Gasteiger charge is 2.27. The number of hydrogen-bond donors (Lipinski definition) is 1. The van der Waals surface area contributed by atoms with Gasteiger partial charge in [0.1, 0.15) is 4.21 Å². The van der Waals surface area contributed by atoms with Crippen molar-refractivity contribution >= 4 is 27.3 Å². The summed E-state index contributed by atoms with van der Waals surface area (Å²) in [7, 11) is -3.33. The molecule has 0 amide bonds. The number of guanidine groups is 1. The summed E-state index contributed by atoms with van der Waals surface area (Å²) >= 11 is 1.35. The van der Waals surface area contributed by atoms with Crippen molar-refractivity contribution in [3.05, 3.63) is 17.0 Å². The highest BCUT2D eigenvalue weighted by molar-refractivity contribution is 7.91. The third-order valence-electron chi connectivity index (χ3n) is 4.67. The van der Waals surface area contributed by atoms with E-state index in [1.54, 1.807) is 10.4 Å². The molecule has 0 saturated carbocycles. The number of nitrogens with zero attached hydrogens (tertiary/aromatic N) is 3.